The number of hydrogen-bond donors (Lipinski definition) is 2. The Kier molecular flexibility index (Phi) is 7.26. The van der Waals surface area contributed by atoms with Crippen LogP contribution < -0.4 is 16.0 Å². The first kappa shape index (κ1) is 24.9. The number of nitrogens with two attached hydrogens (primary N) is 1. The largest absolute Gasteiger partial charge is 0.378 e. The zero-order chi connectivity index (χ0) is 26.5. The molecular formula is C28H27FN8O. The minimum atomic E-state index is -1.21. The van der Waals surface area contributed by atoms with E-state index in [0.29, 0.717) is 43.0 Å². The molecule has 1 fully saturated rings. The number of piperidine rings is 1. The van der Waals surface area contributed by atoms with Crippen LogP contribution in [0.4, 0.5) is 15.9 Å². The van der Waals surface area contributed by atoms with Gasteiger partial charge in [0.05, 0.1) is 35.9 Å². The summed E-state index contributed by atoms with van der Waals surface area (Å²) in [5.74, 6) is 0.00825. The normalized spacial score (nSPS) is 17.1. The van der Waals surface area contributed by atoms with Crippen LogP contribution in [-0.2, 0) is 13.0 Å². The summed E-state index contributed by atoms with van der Waals surface area (Å²) in [4.78, 5) is 22.6. The highest BCUT2D eigenvalue weighted by Gasteiger charge is 2.30. The fraction of sp³-hybridized carbons (Fsp3) is 0.250. The van der Waals surface area contributed by atoms with E-state index < -0.39 is 18.1 Å². The number of primary amides is 1. The average Bonchev–Trinajstić information content (AvgIpc) is 3.44. The maximum atomic E-state index is 15.2. The number of anilines is 2. The van der Waals surface area contributed by atoms with Gasteiger partial charge in [-0.3, -0.25) is 14.5 Å². The van der Waals surface area contributed by atoms with Crippen molar-refractivity contribution >= 4 is 17.4 Å². The van der Waals surface area contributed by atoms with E-state index in [1.807, 2.05) is 40.0 Å². The lowest BCUT2D eigenvalue weighted by atomic mass is 10.0. The maximum absolute atomic E-state index is 15.2. The first-order valence-electron chi connectivity index (χ1n) is 12.3. The molecule has 3 N–H and O–H groups in total. The molecule has 1 saturated heterocycles. The van der Waals surface area contributed by atoms with Crippen LogP contribution in [0.1, 0.15) is 39.2 Å². The summed E-state index contributed by atoms with van der Waals surface area (Å²) in [6, 6.07) is 16.8. The van der Waals surface area contributed by atoms with Crippen LogP contribution in [0.25, 0.3) is 0 Å². The summed E-state index contributed by atoms with van der Waals surface area (Å²) in [5, 5.41) is 16.4. The summed E-state index contributed by atoms with van der Waals surface area (Å²) >= 11 is 0. The SMILES string of the molecule is N#Cc1ccc(N2CC[C@@H](Nc3cc(Cc4ccc(Cn5cccn5)cc4)ncc3C(N)=O)[C@@H](F)C2)nc1. The topological polar surface area (TPSA) is 126 Å². The van der Waals surface area contributed by atoms with Crippen LogP contribution in [0.15, 0.2) is 73.3 Å². The van der Waals surface area contributed by atoms with Gasteiger partial charge in [-0.1, -0.05) is 24.3 Å². The van der Waals surface area contributed by atoms with Crippen LogP contribution in [0.5, 0.6) is 0 Å². The summed E-state index contributed by atoms with van der Waals surface area (Å²) in [5.41, 5.74) is 9.70. The number of hydrogen-bond acceptors (Lipinski definition) is 7. The van der Waals surface area contributed by atoms with E-state index in [9.17, 15) is 4.79 Å². The van der Waals surface area contributed by atoms with Gasteiger partial charge in [-0.25, -0.2) is 9.37 Å². The van der Waals surface area contributed by atoms with Gasteiger partial charge in [0.2, 0.25) is 0 Å². The molecule has 0 unspecified atom stereocenters. The van der Waals surface area contributed by atoms with Gasteiger partial charge in [0.25, 0.3) is 5.91 Å². The van der Waals surface area contributed by atoms with Gasteiger partial charge in [-0.15, -0.1) is 0 Å². The van der Waals surface area contributed by atoms with Crippen molar-refractivity contribution < 1.29 is 9.18 Å². The molecule has 38 heavy (non-hydrogen) atoms. The van der Waals surface area contributed by atoms with Gasteiger partial charge in [-0.2, -0.15) is 10.4 Å². The van der Waals surface area contributed by atoms with Crippen LogP contribution in [0.2, 0.25) is 0 Å². The Bertz CT molecular complexity index is 1430. The van der Waals surface area contributed by atoms with Crippen molar-refractivity contribution in [2.75, 3.05) is 23.3 Å². The molecule has 0 spiro atoms. The number of alkyl halides is 1. The Morgan fingerprint density at radius 1 is 1.16 bits per heavy atom. The smallest absolute Gasteiger partial charge is 0.252 e. The fourth-order valence-corrected chi connectivity index (χ4v) is 4.58. The van der Waals surface area contributed by atoms with Crippen molar-refractivity contribution in [2.24, 2.45) is 5.73 Å². The molecule has 0 bridgehead atoms. The molecule has 1 aromatic carbocycles. The molecule has 1 amide bonds. The van der Waals surface area contributed by atoms with E-state index in [1.165, 1.54) is 12.4 Å². The lowest BCUT2D eigenvalue weighted by molar-refractivity contribution is 0.100. The molecular weight excluding hydrogens is 483 g/mol. The molecule has 1 aliphatic rings. The Hall–Kier alpha value is -4.78. The Morgan fingerprint density at radius 3 is 2.63 bits per heavy atom. The minimum Gasteiger partial charge on any atom is -0.378 e. The molecule has 9 nitrogen and oxygen atoms in total. The second kappa shape index (κ2) is 11.1. The first-order valence-corrected chi connectivity index (χ1v) is 12.3. The summed E-state index contributed by atoms with van der Waals surface area (Å²) in [6.45, 7) is 1.41. The predicted octanol–water partition coefficient (Wildman–Crippen LogP) is 3.31. The highest BCUT2D eigenvalue weighted by atomic mass is 19.1. The first-order chi connectivity index (χ1) is 18.5. The van der Waals surface area contributed by atoms with Crippen molar-refractivity contribution in [3.8, 4) is 6.07 Å². The predicted molar refractivity (Wildman–Crippen MR) is 141 cm³/mol. The van der Waals surface area contributed by atoms with E-state index in [2.05, 4.69) is 32.5 Å². The van der Waals surface area contributed by atoms with Crippen molar-refractivity contribution in [1.82, 2.24) is 19.7 Å². The molecule has 3 aromatic heterocycles. The van der Waals surface area contributed by atoms with Crippen LogP contribution >= 0.6 is 0 Å². The van der Waals surface area contributed by atoms with Gasteiger partial charge < -0.3 is 16.0 Å². The van der Waals surface area contributed by atoms with Gasteiger partial charge in [0.15, 0.2) is 0 Å². The molecule has 5 rings (SSSR count). The Labute approximate surface area is 219 Å². The summed E-state index contributed by atoms with van der Waals surface area (Å²) in [7, 11) is 0. The zero-order valence-corrected chi connectivity index (χ0v) is 20.7. The van der Waals surface area contributed by atoms with E-state index >= 15 is 4.39 Å². The molecule has 0 saturated carbocycles. The lowest BCUT2D eigenvalue weighted by Gasteiger charge is -2.36. The quantitative estimate of drug-likeness (QED) is 0.372. The van der Waals surface area contributed by atoms with Gasteiger partial charge in [0.1, 0.15) is 18.1 Å². The number of halogens is 1. The molecule has 1 aliphatic heterocycles. The number of carbonyl (C=O) groups is 1. The van der Waals surface area contributed by atoms with E-state index in [4.69, 9.17) is 11.0 Å². The summed E-state index contributed by atoms with van der Waals surface area (Å²) in [6.07, 6.45) is 6.45. The monoisotopic (exact) mass is 510 g/mol. The third kappa shape index (κ3) is 5.78. The number of nitrogens with zero attached hydrogens (tertiary/aromatic N) is 6. The van der Waals surface area contributed by atoms with Crippen LogP contribution in [-0.4, -0.2) is 51.0 Å². The standard InChI is InChI=1S/C28H27FN8O/c29-24-18-36(27-7-6-21(14-30)15-33-27)11-8-25(24)35-26-13-22(32-16-23(26)28(31)38)12-19-2-4-20(5-3-19)17-37-10-1-9-34-37/h1-7,9-10,13,15-16,24-25H,8,11-12,17-18H2,(H2,31,38)(H,32,35)/t24-,25+/m0/s1. The molecule has 4 aromatic rings. The van der Waals surface area contributed by atoms with Crippen molar-refractivity contribution in [3.63, 3.8) is 0 Å². The van der Waals surface area contributed by atoms with E-state index in [0.717, 1.165) is 16.8 Å². The maximum Gasteiger partial charge on any atom is 0.252 e. The number of aromatic nitrogens is 4. The highest BCUT2D eigenvalue weighted by Crippen LogP contribution is 2.25. The second-order valence-corrected chi connectivity index (χ2v) is 9.30. The molecule has 192 valence electrons. The van der Waals surface area contributed by atoms with Crippen molar-refractivity contribution in [2.45, 2.75) is 31.6 Å². The van der Waals surface area contributed by atoms with E-state index in [1.54, 1.807) is 24.4 Å². The Morgan fingerprint density at radius 2 is 1.97 bits per heavy atom. The van der Waals surface area contributed by atoms with Crippen molar-refractivity contribution in [3.05, 3.63) is 101 Å². The number of rotatable bonds is 8. The number of nitriles is 1. The molecule has 0 aliphatic carbocycles. The molecule has 10 heteroatoms. The van der Waals surface area contributed by atoms with Gasteiger partial charge >= 0.3 is 0 Å². The average molecular weight is 511 g/mol. The third-order valence-corrected chi connectivity index (χ3v) is 6.62. The molecule has 2 atom stereocenters. The highest BCUT2D eigenvalue weighted by molar-refractivity contribution is 5.98. The third-order valence-electron chi connectivity index (χ3n) is 6.62. The number of pyridine rings is 2. The molecule has 4 heterocycles. The Balaban J connectivity index is 1.26. The lowest BCUT2D eigenvalue weighted by Crippen LogP contribution is -2.48. The number of nitrogens with one attached hydrogen (secondary N) is 1. The second-order valence-electron chi connectivity index (χ2n) is 9.30. The number of benzene rings is 1. The summed E-state index contributed by atoms with van der Waals surface area (Å²) < 4.78 is 17.1. The minimum absolute atomic E-state index is 0.144. The van der Waals surface area contributed by atoms with Gasteiger partial charge in [0, 0.05) is 43.4 Å². The van der Waals surface area contributed by atoms with Gasteiger partial charge in [-0.05, 0) is 41.8 Å². The zero-order valence-electron chi connectivity index (χ0n) is 20.7. The number of carbonyl (C=O) groups excluding carboxylic acids is 1. The van der Waals surface area contributed by atoms with Crippen molar-refractivity contribution in [1.29, 1.82) is 5.26 Å². The number of amides is 1. The van der Waals surface area contributed by atoms with Crippen LogP contribution in [0, 0.1) is 11.3 Å². The van der Waals surface area contributed by atoms with Crippen LogP contribution in [0.3, 0.4) is 0 Å². The van der Waals surface area contributed by atoms with E-state index in [-0.39, 0.29) is 12.1 Å². The molecule has 0 radical (unpaired) electrons. The fourth-order valence-electron chi connectivity index (χ4n) is 4.58.